The largest absolute Gasteiger partial charge is 0.335 e. The number of halogens is 1. The standard InChI is InChI=1S/C8H12N2.HI/c1-3-4-5-8-9-6-7-10(8)2;/h4-7H,3H2,1-2H3;1H. The first-order valence-electron chi connectivity index (χ1n) is 3.48. The van der Waals surface area contributed by atoms with Gasteiger partial charge in [-0.05, 0) is 12.5 Å². The third-order valence-electron chi connectivity index (χ3n) is 1.36. The van der Waals surface area contributed by atoms with Crippen LogP contribution in [0, 0.1) is 0 Å². The van der Waals surface area contributed by atoms with E-state index >= 15 is 0 Å². The highest BCUT2D eigenvalue weighted by Crippen LogP contribution is 1.97. The Kier molecular flexibility index (Phi) is 5.19. The second-order valence-corrected chi connectivity index (χ2v) is 2.21. The van der Waals surface area contributed by atoms with Crippen molar-refractivity contribution in [2.45, 2.75) is 13.3 Å². The summed E-state index contributed by atoms with van der Waals surface area (Å²) in [5.41, 5.74) is 0. The van der Waals surface area contributed by atoms with Crippen molar-refractivity contribution in [1.29, 1.82) is 0 Å². The molecule has 11 heavy (non-hydrogen) atoms. The monoisotopic (exact) mass is 264 g/mol. The fourth-order valence-corrected chi connectivity index (χ4v) is 0.761. The molecule has 0 atom stereocenters. The van der Waals surface area contributed by atoms with Crippen molar-refractivity contribution >= 4 is 30.1 Å². The molecule has 0 N–H and O–H groups in total. The number of hydrogen-bond donors (Lipinski definition) is 0. The molecule has 3 heteroatoms. The second kappa shape index (κ2) is 5.35. The van der Waals surface area contributed by atoms with E-state index in [9.17, 15) is 0 Å². The van der Waals surface area contributed by atoms with Gasteiger partial charge in [0.2, 0.25) is 0 Å². The van der Waals surface area contributed by atoms with Crippen LogP contribution < -0.4 is 0 Å². The van der Waals surface area contributed by atoms with Gasteiger partial charge < -0.3 is 4.57 Å². The number of nitrogens with zero attached hydrogens (tertiary/aromatic N) is 2. The number of aromatic nitrogens is 2. The molecule has 0 spiro atoms. The summed E-state index contributed by atoms with van der Waals surface area (Å²) in [5.74, 6) is 1.02. The summed E-state index contributed by atoms with van der Waals surface area (Å²) >= 11 is 0. The Morgan fingerprint density at radius 1 is 1.64 bits per heavy atom. The summed E-state index contributed by atoms with van der Waals surface area (Å²) < 4.78 is 1.99. The summed E-state index contributed by atoms with van der Waals surface area (Å²) in [5, 5.41) is 0. The minimum Gasteiger partial charge on any atom is -0.335 e. The Morgan fingerprint density at radius 2 is 2.36 bits per heavy atom. The molecule has 2 nitrogen and oxygen atoms in total. The highest BCUT2D eigenvalue weighted by molar-refractivity contribution is 14.0. The van der Waals surface area contributed by atoms with Crippen LogP contribution in [0.25, 0.3) is 6.08 Å². The van der Waals surface area contributed by atoms with Crippen LogP contribution in [0.4, 0.5) is 0 Å². The summed E-state index contributed by atoms with van der Waals surface area (Å²) in [6, 6.07) is 0. The molecule has 1 heterocycles. The molecule has 0 bridgehead atoms. The van der Waals surface area contributed by atoms with E-state index in [2.05, 4.69) is 18.0 Å². The van der Waals surface area contributed by atoms with Crippen LogP contribution in [0.3, 0.4) is 0 Å². The molecule has 0 aliphatic heterocycles. The van der Waals surface area contributed by atoms with Crippen LogP contribution >= 0.6 is 24.0 Å². The lowest BCUT2D eigenvalue weighted by Crippen LogP contribution is -1.88. The zero-order valence-electron chi connectivity index (χ0n) is 6.82. The van der Waals surface area contributed by atoms with E-state index in [1.54, 1.807) is 6.20 Å². The number of hydrogen-bond acceptors (Lipinski definition) is 1. The zero-order chi connectivity index (χ0) is 7.40. The van der Waals surface area contributed by atoms with Crippen molar-refractivity contribution in [3.05, 3.63) is 24.3 Å². The van der Waals surface area contributed by atoms with Gasteiger partial charge in [-0.25, -0.2) is 4.98 Å². The van der Waals surface area contributed by atoms with Gasteiger partial charge in [-0.2, -0.15) is 0 Å². The van der Waals surface area contributed by atoms with Crippen LogP contribution in [0.5, 0.6) is 0 Å². The molecule has 1 rings (SSSR count). The van der Waals surface area contributed by atoms with Gasteiger partial charge in [0.15, 0.2) is 0 Å². The van der Waals surface area contributed by atoms with E-state index < -0.39 is 0 Å². The third-order valence-corrected chi connectivity index (χ3v) is 1.36. The summed E-state index contributed by atoms with van der Waals surface area (Å²) in [6.07, 6.45) is 8.93. The van der Waals surface area contributed by atoms with Gasteiger partial charge in [0.05, 0.1) is 0 Å². The Balaban J connectivity index is 0.000001000. The lowest BCUT2D eigenvalue weighted by atomic mass is 10.4. The average molecular weight is 264 g/mol. The predicted molar refractivity (Wildman–Crippen MR) is 57.9 cm³/mol. The topological polar surface area (TPSA) is 17.8 Å². The Morgan fingerprint density at radius 3 is 2.82 bits per heavy atom. The third kappa shape index (κ3) is 3.05. The Bertz CT molecular complexity index is 228. The SMILES string of the molecule is CCC=Cc1nccn1C.I. The maximum absolute atomic E-state index is 4.13. The molecule has 1 aromatic heterocycles. The maximum atomic E-state index is 4.13. The van der Waals surface area contributed by atoms with Crippen molar-refractivity contribution in [2.75, 3.05) is 0 Å². The molecular formula is C8H13IN2. The van der Waals surface area contributed by atoms with Gasteiger partial charge >= 0.3 is 0 Å². The first-order chi connectivity index (χ1) is 4.84. The molecule has 0 unspecified atom stereocenters. The van der Waals surface area contributed by atoms with Crippen LogP contribution in [0.2, 0.25) is 0 Å². The summed E-state index contributed by atoms with van der Waals surface area (Å²) in [7, 11) is 1.99. The van der Waals surface area contributed by atoms with Gasteiger partial charge in [-0.1, -0.05) is 13.0 Å². The van der Waals surface area contributed by atoms with E-state index in [4.69, 9.17) is 0 Å². The van der Waals surface area contributed by atoms with E-state index in [0.29, 0.717) is 0 Å². The van der Waals surface area contributed by atoms with Crippen LogP contribution in [-0.2, 0) is 7.05 Å². The number of allylic oxidation sites excluding steroid dienone is 1. The Labute approximate surface area is 84.3 Å². The van der Waals surface area contributed by atoms with Gasteiger partial charge in [-0.15, -0.1) is 24.0 Å². The first-order valence-corrected chi connectivity index (χ1v) is 3.48. The fourth-order valence-electron chi connectivity index (χ4n) is 0.761. The number of rotatable bonds is 2. The molecule has 0 saturated carbocycles. The first kappa shape index (κ1) is 10.7. The molecule has 0 aliphatic carbocycles. The summed E-state index contributed by atoms with van der Waals surface area (Å²) in [6.45, 7) is 2.11. The van der Waals surface area contributed by atoms with Gasteiger partial charge in [0.25, 0.3) is 0 Å². The van der Waals surface area contributed by atoms with E-state index in [-0.39, 0.29) is 24.0 Å². The van der Waals surface area contributed by atoms with E-state index in [1.807, 2.05) is 23.9 Å². The fraction of sp³-hybridized carbons (Fsp3) is 0.375. The Hall–Kier alpha value is -0.320. The lowest BCUT2D eigenvalue weighted by Gasteiger charge is -1.91. The molecule has 62 valence electrons. The highest BCUT2D eigenvalue weighted by Gasteiger charge is 1.89. The minimum atomic E-state index is 0. The second-order valence-electron chi connectivity index (χ2n) is 2.21. The zero-order valence-corrected chi connectivity index (χ0v) is 9.15. The predicted octanol–water partition coefficient (Wildman–Crippen LogP) is 2.46. The maximum Gasteiger partial charge on any atom is 0.131 e. The van der Waals surface area contributed by atoms with Crippen molar-refractivity contribution in [3.8, 4) is 0 Å². The van der Waals surface area contributed by atoms with Crippen LogP contribution in [0.1, 0.15) is 19.2 Å². The smallest absolute Gasteiger partial charge is 0.131 e. The van der Waals surface area contributed by atoms with Gasteiger partial charge in [-0.3, -0.25) is 0 Å². The van der Waals surface area contributed by atoms with Crippen molar-refractivity contribution in [1.82, 2.24) is 9.55 Å². The molecule has 1 aromatic rings. The molecule has 0 amide bonds. The average Bonchev–Trinajstić information content (AvgIpc) is 2.31. The molecule has 0 radical (unpaired) electrons. The van der Waals surface area contributed by atoms with Crippen LogP contribution in [0.15, 0.2) is 18.5 Å². The quantitative estimate of drug-likeness (QED) is 0.750. The molecular weight excluding hydrogens is 251 g/mol. The molecule has 0 saturated heterocycles. The van der Waals surface area contributed by atoms with E-state index in [0.717, 1.165) is 12.2 Å². The summed E-state index contributed by atoms with van der Waals surface area (Å²) in [4.78, 5) is 4.13. The highest BCUT2D eigenvalue weighted by atomic mass is 127. The van der Waals surface area contributed by atoms with Gasteiger partial charge in [0.1, 0.15) is 5.82 Å². The molecule has 0 fully saturated rings. The van der Waals surface area contributed by atoms with Crippen molar-refractivity contribution in [3.63, 3.8) is 0 Å². The van der Waals surface area contributed by atoms with Crippen LogP contribution in [-0.4, -0.2) is 9.55 Å². The van der Waals surface area contributed by atoms with E-state index in [1.165, 1.54) is 0 Å². The number of aryl methyl sites for hydroxylation is 1. The number of imidazole rings is 1. The normalized spacial score (nSPS) is 10.0. The van der Waals surface area contributed by atoms with Crippen molar-refractivity contribution in [2.24, 2.45) is 7.05 Å². The lowest BCUT2D eigenvalue weighted by molar-refractivity contribution is 0.896. The molecule has 0 aliphatic rings. The minimum absolute atomic E-state index is 0. The van der Waals surface area contributed by atoms with Crippen molar-refractivity contribution < 1.29 is 0 Å². The molecule has 0 aromatic carbocycles. The van der Waals surface area contributed by atoms with Gasteiger partial charge in [0, 0.05) is 19.4 Å².